The highest BCUT2D eigenvalue weighted by Crippen LogP contribution is 2.13. The van der Waals surface area contributed by atoms with Crippen molar-refractivity contribution in [2.24, 2.45) is 0 Å². The van der Waals surface area contributed by atoms with Crippen molar-refractivity contribution in [1.29, 1.82) is 0 Å². The molecule has 0 spiro atoms. The number of hydrogen-bond acceptors (Lipinski definition) is 2. The van der Waals surface area contributed by atoms with Crippen LogP contribution in [0.3, 0.4) is 0 Å². The standard InChI is InChI=1S/C8H15N3/c1-4-6(2)11-5-8(9)7(3)10-11/h5-6H,4,9H2,1-3H3/t6-/m1/s1. The molecule has 1 aromatic rings. The van der Waals surface area contributed by atoms with Gasteiger partial charge >= 0.3 is 0 Å². The first-order valence-electron chi connectivity index (χ1n) is 3.96. The molecule has 11 heavy (non-hydrogen) atoms. The first-order valence-corrected chi connectivity index (χ1v) is 3.96. The van der Waals surface area contributed by atoms with E-state index in [0.29, 0.717) is 6.04 Å². The molecule has 1 atom stereocenters. The van der Waals surface area contributed by atoms with Gasteiger partial charge in [-0.25, -0.2) is 0 Å². The molecule has 0 unspecified atom stereocenters. The average Bonchev–Trinajstić information content (AvgIpc) is 2.31. The highest BCUT2D eigenvalue weighted by atomic mass is 15.3. The summed E-state index contributed by atoms with van der Waals surface area (Å²) in [4.78, 5) is 0. The highest BCUT2D eigenvalue weighted by Gasteiger charge is 2.04. The topological polar surface area (TPSA) is 43.8 Å². The Morgan fingerprint density at radius 3 is 2.73 bits per heavy atom. The summed E-state index contributed by atoms with van der Waals surface area (Å²) in [6.45, 7) is 6.19. The second kappa shape index (κ2) is 2.95. The third kappa shape index (κ3) is 1.53. The van der Waals surface area contributed by atoms with Gasteiger partial charge in [-0.1, -0.05) is 6.92 Å². The first kappa shape index (κ1) is 8.11. The van der Waals surface area contributed by atoms with Crippen molar-refractivity contribution in [2.45, 2.75) is 33.2 Å². The Hall–Kier alpha value is -0.990. The van der Waals surface area contributed by atoms with Crippen LogP contribution in [0.2, 0.25) is 0 Å². The van der Waals surface area contributed by atoms with Crippen molar-refractivity contribution < 1.29 is 0 Å². The van der Waals surface area contributed by atoms with Crippen molar-refractivity contribution >= 4 is 5.69 Å². The van der Waals surface area contributed by atoms with E-state index in [1.165, 1.54) is 0 Å². The molecule has 2 N–H and O–H groups in total. The molecular weight excluding hydrogens is 138 g/mol. The second-order valence-electron chi connectivity index (χ2n) is 2.91. The summed E-state index contributed by atoms with van der Waals surface area (Å²) in [6.07, 6.45) is 2.98. The molecule has 0 saturated carbocycles. The normalized spacial score (nSPS) is 13.4. The van der Waals surface area contributed by atoms with Gasteiger partial charge in [-0.15, -0.1) is 0 Å². The Balaban J connectivity index is 2.88. The van der Waals surface area contributed by atoms with Crippen LogP contribution in [0, 0.1) is 6.92 Å². The van der Waals surface area contributed by atoms with E-state index in [-0.39, 0.29) is 0 Å². The summed E-state index contributed by atoms with van der Waals surface area (Å²) in [7, 11) is 0. The fourth-order valence-electron chi connectivity index (χ4n) is 0.909. The largest absolute Gasteiger partial charge is 0.396 e. The maximum Gasteiger partial charge on any atom is 0.0823 e. The van der Waals surface area contributed by atoms with Crippen molar-refractivity contribution in [3.05, 3.63) is 11.9 Å². The van der Waals surface area contributed by atoms with Gasteiger partial charge in [-0.2, -0.15) is 5.10 Å². The van der Waals surface area contributed by atoms with Crippen LogP contribution in [0.15, 0.2) is 6.20 Å². The van der Waals surface area contributed by atoms with Gasteiger partial charge in [-0.05, 0) is 20.3 Å². The smallest absolute Gasteiger partial charge is 0.0823 e. The lowest BCUT2D eigenvalue weighted by Crippen LogP contribution is -2.03. The van der Waals surface area contributed by atoms with Crippen LogP contribution in [0.4, 0.5) is 5.69 Å². The molecule has 0 bridgehead atoms. The van der Waals surface area contributed by atoms with E-state index in [4.69, 9.17) is 5.73 Å². The predicted octanol–water partition coefficient (Wildman–Crippen LogP) is 1.74. The molecule has 0 aliphatic heterocycles. The number of anilines is 1. The Morgan fingerprint density at radius 2 is 2.36 bits per heavy atom. The molecule has 0 radical (unpaired) electrons. The molecule has 1 aromatic heterocycles. The summed E-state index contributed by atoms with van der Waals surface area (Å²) in [5.41, 5.74) is 7.35. The molecule has 0 amide bonds. The number of rotatable bonds is 2. The molecule has 0 fully saturated rings. The van der Waals surface area contributed by atoms with Gasteiger partial charge in [0.2, 0.25) is 0 Å². The third-order valence-electron chi connectivity index (χ3n) is 2.00. The number of hydrogen-bond donors (Lipinski definition) is 1. The summed E-state index contributed by atoms with van der Waals surface area (Å²) < 4.78 is 1.92. The molecule has 1 heterocycles. The fraction of sp³-hybridized carbons (Fsp3) is 0.625. The van der Waals surface area contributed by atoms with Crippen LogP contribution in [-0.2, 0) is 0 Å². The predicted molar refractivity (Wildman–Crippen MR) is 46.4 cm³/mol. The van der Waals surface area contributed by atoms with E-state index in [2.05, 4.69) is 18.9 Å². The van der Waals surface area contributed by atoms with E-state index in [1.807, 2.05) is 17.8 Å². The molecular formula is C8H15N3. The quantitative estimate of drug-likeness (QED) is 0.703. The Morgan fingerprint density at radius 1 is 1.73 bits per heavy atom. The number of aromatic nitrogens is 2. The summed E-state index contributed by atoms with van der Waals surface area (Å²) >= 11 is 0. The Labute approximate surface area is 67.2 Å². The molecule has 1 rings (SSSR count). The molecule has 0 saturated heterocycles. The van der Waals surface area contributed by atoms with Gasteiger partial charge in [0.1, 0.15) is 0 Å². The SMILES string of the molecule is CC[C@@H](C)n1cc(N)c(C)n1. The van der Waals surface area contributed by atoms with Crippen molar-refractivity contribution in [1.82, 2.24) is 9.78 Å². The molecule has 3 nitrogen and oxygen atoms in total. The van der Waals surface area contributed by atoms with Crippen molar-refractivity contribution in [3.63, 3.8) is 0 Å². The summed E-state index contributed by atoms with van der Waals surface area (Å²) in [6, 6.07) is 0.450. The minimum atomic E-state index is 0.450. The van der Waals surface area contributed by atoms with Crippen molar-refractivity contribution in [2.75, 3.05) is 5.73 Å². The number of nitrogens with zero attached hydrogens (tertiary/aromatic N) is 2. The molecule has 62 valence electrons. The van der Waals surface area contributed by atoms with Gasteiger partial charge in [0.25, 0.3) is 0 Å². The van der Waals surface area contributed by atoms with Crippen LogP contribution < -0.4 is 5.73 Å². The molecule has 0 aliphatic carbocycles. The van der Waals surface area contributed by atoms with Gasteiger partial charge < -0.3 is 5.73 Å². The molecule has 3 heteroatoms. The summed E-state index contributed by atoms with van der Waals surface area (Å²) in [5, 5.41) is 4.27. The first-order chi connectivity index (χ1) is 5.15. The van der Waals surface area contributed by atoms with Gasteiger partial charge in [0, 0.05) is 12.2 Å². The maximum atomic E-state index is 5.65. The monoisotopic (exact) mass is 153 g/mol. The lowest BCUT2D eigenvalue weighted by atomic mass is 10.3. The average molecular weight is 153 g/mol. The van der Waals surface area contributed by atoms with Gasteiger partial charge in [0.05, 0.1) is 11.4 Å². The van der Waals surface area contributed by atoms with E-state index in [9.17, 15) is 0 Å². The zero-order chi connectivity index (χ0) is 8.43. The van der Waals surface area contributed by atoms with Crippen LogP contribution in [0.5, 0.6) is 0 Å². The van der Waals surface area contributed by atoms with E-state index >= 15 is 0 Å². The Bertz CT molecular complexity index is 220. The van der Waals surface area contributed by atoms with E-state index in [0.717, 1.165) is 17.8 Å². The van der Waals surface area contributed by atoms with Gasteiger partial charge in [0.15, 0.2) is 0 Å². The fourth-order valence-corrected chi connectivity index (χ4v) is 0.909. The van der Waals surface area contributed by atoms with Crippen LogP contribution in [-0.4, -0.2) is 9.78 Å². The minimum absolute atomic E-state index is 0.450. The zero-order valence-electron chi connectivity index (χ0n) is 7.33. The third-order valence-corrected chi connectivity index (χ3v) is 2.00. The molecule has 0 aromatic carbocycles. The Kier molecular flexibility index (Phi) is 2.17. The maximum absolute atomic E-state index is 5.65. The highest BCUT2D eigenvalue weighted by molar-refractivity contribution is 5.39. The zero-order valence-corrected chi connectivity index (χ0v) is 7.33. The van der Waals surface area contributed by atoms with Crippen LogP contribution >= 0.6 is 0 Å². The van der Waals surface area contributed by atoms with Gasteiger partial charge in [-0.3, -0.25) is 4.68 Å². The van der Waals surface area contributed by atoms with Crippen molar-refractivity contribution in [3.8, 4) is 0 Å². The lowest BCUT2D eigenvalue weighted by molar-refractivity contribution is 0.475. The summed E-state index contributed by atoms with van der Waals surface area (Å²) in [5.74, 6) is 0. The van der Waals surface area contributed by atoms with E-state index < -0.39 is 0 Å². The number of aryl methyl sites for hydroxylation is 1. The van der Waals surface area contributed by atoms with E-state index in [1.54, 1.807) is 0 Å². The van der Waals surface area contributed by atoms with Crippen LogP contribution in [0.1, 0.15) is 32.0 Å². The lowest BCUT2D eigenvalue weighted by Gasteiger charge is -2.07. The number of nitrogen functional groups attached to an aromatic ring is 1. The molecule has 0 aliphatic rings. The van der Waals surface area contributed by atoms with Crippen LogP contribution in [0.25, 0.3) is 0 Å². The second-order valence-corrected chi connectivity index (χ2v) is 2.91. The minimum Gasteiger partial charge on any atom is -0.396 e. The number of nitrogens with two attached hydrogens (primary N) is 1.